The lowest BCUT2D eigenvalue weighted by Gasteiger charge is -2.15. The predicted octanol–water partition coefficient (Wildman–Crippen LogP) is 7.65. The summed E-state index contributed by atoms with van der Waals surface area (Å²) in [6.07, 6.45) is 0. The standard InChI is InChI=1S/C25H21Cl2NO/c1-17-23(27)10-5-11-24(17)28-15-20-14-21(26)12-13-25(20)29-16-19-8-4-7-18-6-2-3-9-22(18)19/h2-14,28H,15-16H2,1H3. The zero-order valence-corrected chi connectivity index (χ0v) is 17.6. The summed E-state index contributed by atoms with van der Waals surface area (Å²) in [6.45, 7) is 3.08. The number of benzene rings is 4. The largest absolute Gasteiger partial charge is 0.489 e. The van der Waals surface area contributed by atoms with Gasteiger partial charge in [-0.2, -0.15) is 0 Å². The van der Waals surface area contributed by atoms with Gasteiger partial charge in [0, 0.05) is 27.8 Å². The first-order valence-electron chi connectivity index (χ1n) is 9.48. The van der Waals surface area contributed by atoms with Crippen LogP contribution in [0.25, 0.3) is 10.8 Å². The van der Waals surface area contributed by atoms with Crippen LogP contribution in [0.4, 0.5) is 5.69 Å². The molecule has 0 bridgehead atoms. The van der Waals surface area contributed by atoms with Gasteiger partial charge in [0.05, 0.1) is 0 Å². The molecule has 0 saturated carbocycles. The maximum absolute atomic E-state index is 6.25. The lowest BCUT2D eigenvalue weighted by molar-refractivity contribution is 0.305. The van der Waals surface area contributed by atoms with E-state index in [0.717, 1.165) is 33.1 Å². The molecule has 4 heteroatoms. The van der Waals surface area contributed by atoms with Crippen molar-refractivity contribution >= 4 is 39.7 Å². The Kier molecular flexibility index (Phi) is 5.94. The average Bonchev–Trinajstić information content (AvgIpc) is 2.74. The first kappa shape index (κ1) is 19.6. The smallest absolute Gasteiger partial charge is 0.124 e. The third-order valence-corrected chi connectivity index (χ3v) is 5.67. The minimum absolute atomic E-state index is 0.492. The molecular weight excluding hydrogens is 401 g/mol. The number of ether oxygens (including phenoxy) is 1. The van der Waals surface area contributed by atoms with Crippen molar-refractivity contribution in [2.45, 2.75) is 20.1 Å². The van der Waals surface area contributed by atoms with Gasteiger partial charge in [0.1, 0.15) is 12.4 Å². The Balaban J connectivity index is 1.54. The van der Waals surface area contributed by atoms with Gasteiger partial charge in [-0.15, -0.1) is 0 Å². The lowest BCUT2D eigenvalue weighted by atomic mass is 10.1. The summed E-state index contributed by atoms with van der Waals surface area (Å²) in [6, 6.07) is 26.2. The van der Waals surface area contributed by atoms with Gasteiger partial charge in [-0.25, -0.2) is 0 Å². The van der Waals surface area contributed by atoms with Gasteiger partial charge in [0.2, 0.25) is 0 Å². The van der Waals surface area contributed by atoms with Gasteiger partial charge in [0.25, 0.3) is 0 Å². The molecule has 4 aromatic rings. The van der Waals surface area contributed by atoms with Crippen LogP contribution in [0.15, 0.2) is 78.9 Å². The van der Waals surface area contributed by atoms with Crippen LogP contribution in [0, 0.1) is 6.92 Å². The molecule has 0 aliphatic carbocycles. The van der Waals surface area contributed by atoms with E-state index < -0.39 is 0 Å². The molecule has 0 heterocycles. The maximum Gasteiger partial charge on any atom is 0.124 e. The maximum atomic E-state index is 6.25. The fourth-order valence-corrected chi connectivity index (χ4v) is 3.76. The van der Waals surface area contributed by atoms with E-state index in [4.69, 9.17) is 27.9 Å². The van der Waals surface area contributed by atoms with E-state index in [1.165, 1.54) is 10.8 Å². The highest BCUT2D eigenvalue weighted by atomic mass is 35.5. The van der Waals surface area contributed by atoms with Crippen molar-refractivity contribution in [1.29, 1.82) is 0 Å². The zero-order valence-electron chi connectivity index (χ0n) is 16.1. The van der Waals surface area contributed by atoms with Gasteiger partial charge in [0.15, 0.2) is 0 Å². The number of hydrogen-bond donors (Lipinski definition) is 1. The van der Waals surface area contributed by atoms with E-state index in [1.54, 1.807) is 0 Å². The van der Waals surface area contributed by atoms with Crippen molar-refractivity contribution in [2.75, 3.05) is 5.32 Å². The third-order valence-electron chi connectivity index (χ3n) is 5.02. The quantitative estimate of drug-likeness (QED) is 0.345. The highest BCUT2D eigenvalue weighted by Gasteiger charge is 2.09. The van der Waals surface area contributed by atoms with E-state index in [0.29, 0.717) is 18.2 Å². The molecule has 0 atom stereocenters. The number of fused-ring (bicyclic) bond motifs is 1. The molecule has 146 valence electrons. The average molecular weight is 422 g/mol. The SMILES string of the molecule is Cc1c(Cl)cccc1NCc1cc(Cl)ccc1OCc1cccc2ccccc12. The molecule has 0 unspecified atom stereocenters. The van der Waals surface area contributed by atoms with Crippen LogP contribution in [0.2, 0.25) is 10.0 Å². The van der Waals surface area contributed by atoms with Crippen LogP contribution >= 0.6 is 23.2 Å². The number of nitrogens with one attached hydrogen (secondary N) is 1. The van der Waals surface area contributed by atoms with Crippen LogP contribution in [0.1, 0.15) is 16.7 Å². The Bertz CT molecular complexity index is 1150. The lowest BCUT2D eigenvalue weighted by Crippen LogP contribution is -2.05. The fourth-order valence-electron chi connectivity index (χ4n) is 3.39. The molecule has 0 fully saturated rings. The molecule has 4 aromatic carbocycles. The Morgan fingerprint density at radius 3 is 2.52 bits per heavy atom. The highest BCUT2D eigenvalue weighted by molar-refractivity contribution is 6.31. The Hall–Kier alpha value is -2.68. The van der Waals surface area contributed by atoms with Gasteiger partial charge in [-0.1, -0.05) is 71.7 Å². The molecule has 4 rings (SSSR count). The Labute approximate surface area is 181 Å². The molecule has 29 heavy (non-hydrogen) atoms. The molecule has 0 spiro atoms. The van der Waals surface area contributed by atoms with Crippen molar-refractivity contribution < 1.29 is 4.74 Å². The number of hydrogen-bond acceptors (Lipinski definition) is 2. The number of anilines is 1. The summed E-state index contributed by atoms with van der Waals surface area (Å²) in [5.41, 5.74) is 4.17. The van der Waals surface area contributed by atoms with E-state index in [2.05, 4.69) is 41.7 Å². The van der Waals surface area contributed by atoms with Crippen LogP contribution < -0.4 is 10.1 Å². The summed E-state index contributed by atoms with van der Waals surface area (Å²) in [4.78, 5) is 0. The molecule has 0 amide bonds. The summed E-state index contributed by atoms with van der Waals surface area (Å²) >= 11 is 12.5. The first-order chi connectivity index (χ1) is 14.1. The van der Waals surface area contributed by atoms with Gasteiger partial charge >= 0.3 is 0 Å². The minimum atomic E-state index is 0.492. The molecule has 0 aliphatic rings. The Morgan fingerprint density at radius 2 is 1.62 bits per heavy atom. The second kappa shape index (κ2) is 8.77. The number of halogens is 2. The molecule has 0 aromatic heterocycles. The van der Waals surface area contributed by atoms with E-state index >= 15 is 0 Å². The second-order valence-corrected chi connectivity index (χ2v) is 7.79. The van der Waals surface area contributed by atoms with Crippen molar-refractivity contribution in [3.8, 4) is 5.75 Å². The van der Waals surface area contributed by atoms with Crippen LogP contribution in [0.3, 0.4) is 0 Å². The second-order valence-electron chi connectivity index (χ2n) is 6.94. The van der Waals surface area contributed by atoms with Crippen molar-refractivity contribution in [3.63, 3.8) is 0 Å². The molecule has 0 saturated heterocycles. The fraction of sp³-hybridized carbons (Fsp3) is 0.120. The van der Waals surface area contributed by atoms with Crippen LogP contribution in [-0.4, -0.2) is 0 Å². The van der Waals surface area contributed by atoms with E-state index in [-0.39, 0.29) is 0 Å². The molecule has 1 N–H and O–H groups in total. The Morgan fingerprint density at radius 1 is 0.828 bits per heavy atom. The van der Waals surface area contributed by atoms with Crippen LogP contribution in [0.5, 0.6) is 5.75 Å². The van der Waals surface area contributed by atoms with E-state index in [1.807, 2.05) is 49.4 Å². The molecule has 0 aliphatic heterocycles. The van der Waals surface area contributed by atoms with Gasteiger partial charge in [-0.3, -0.25) is 0 Å². The molecule has 0 radical (unpaired) electrons. The van der Waals surface area contributed by atoms with Gasteiger partial charge < -0.3 is 10.1 Å². The number of rotatable bonds is 6. The monoisotopic (exact) mass is 421 g/mol. The molecular formula is C25H21Cl2NO. The van der Waals surface area contributed by atoms with Crippen LogP contribution in [-0.2, 0) is 13.2 Å². The first-order valence-corrected chi connectivity index (χ1v) is 10.2. The normalized spacial score (nSPS) is 10.9. The van der Waals surface area contributed by atoms with Crippen molar-refractivity contribution in [1.82, 2.24) is 0 Å². The minimum Gasteiger partial charge on any atom is -0.489 e. The predicted molar refractivity (Wildman–Crippen MR) is 123 cm³/mol. The summed E-state index contributed by atoms with van der Waals surface area (Å²) in [5, 5.41) is 7.29. The van der Waals surface area contributed by atoms with Gasteiger partial charge in [-0.05, 0) is 59.2 Å². The van der Waals surface area contributed by atoms with E-state index in [9.17, 15) is 0 Å². The summed E-state index contributed by atoms with van der Waals surface area (Å²) in [5.74, 6) is 0.814. The third kappa shape index (κ3) is 4.50. The topological polar surface area (TPSA) is 21.3 Å². The van der Waals surface area contributed by atoms with Crippen molar-refractivity contribution in [3.05, 3.63) is 106 Å². The summed E-state index contributed by atoms with van der Waals surface area (Å²) < 4.78 is 6.20. The zero-order chi connectivity index (χ0) is 20.2. The highest BCUT2D eigenvalue weighted by Crippen LogP contribution is 2.28. The van der Waals surface area contributed by atoms with Crippen molar-refractivity contribution in [2.24, 2.45) is 0 Å². The molecule has 2 nitrogen and oxygen atoms in total. The summed E-state index contributed by atoms with van der Waals surface area (Å²) in [7, 11) is 0.